The summed E-state index contributed by atoms with van der Waals surface area (Å²) in [6.07, 6.45) is 2.45. The van der Waals surface area contributed by atoms with Crippen LogP contribution in [-0.4, -0.2) is 50.5 Å². The molecule has 0 saturated carbocycles. The van der Waals surface area contributed by atoms with Crippen LogP contribution in [0.2, 0.25) is 0 Å². The first-order valence-electron chi connectivity index (χ1n) is 13.5. The molecule has 9 heteroatoms. The van der Waals surface area contributed by atoms with Gasteiger partial charge in [-0.1, -0.05) is 67.1 Å². The van der Waals surface area contributed by atoms with Crippen molar-refractivity contribution in [2.45, 2.75) is 52.1 Å². The van der Waals surface area contributed by atoms with Gasteiger partial charge in [0, 0.05) is 32.5 Å². The molecule has 7 nitrogen and oxygen atoms in total. The molecule has 214 valence electrons. The summed E-state index contributed by atoms with van der Waals surface area (Å²) >= 11 is 0. The van der Waals surface area contributed by atoms with E-state index in [1.54, 1.807) is 4.90 Å². The predicted molar refractivity (Wildman–Crippen MR) is 157 cm³/mol. The number of amides is 2. The van der Waals surface area contributed by atoms with Gasteiger partial charge in [0.05, 0.1) is 11.9 Å². The Morgan fingerprint density at radius 1 is 0.950 bits per heavy atom. The van der Waals surface area contributed by atoms with Crippen molar-refractivity contribution in [2.75, 3.05) is 23.7 Å². The fourth-order valence-electron chi connectivity index (χ4n) is 4.54. The molecule has 0 fully saturated rings. The molecule has 0 aliphatic heterocycles. The first-order valence-corrected chi connectivity index (χ1v) is 15.3. The monoisotopic (exact) mass is 567 g/mol. The molecular weight excluding hydrogens is 529 g/mol. The van der Waals surface area contributed by atoms with Crippen molar-refractivity contribution in [3.8, 4) is 0 Å². The second kappa shape index (κ2) is 14.6. The smallest absolute Gasteiger partial charge is 0.243 e. The molecule has 1 unspecified atom stereocenters. The van der Waals surface area contributed by atoms with Crippen LogP contribution in [0.3, 0.4) is 0 Å². The van der Waals surface area contributed by atoms with E-state index in [2.05, 4.69) is 5.32 Å². The molecule has 3 aromatic carbocycles. The minimum atomic E-state index is -3.66. The highest BCUT2D eigenvalue weighted by Gasteiger charge is 2.30. The lowest BCUT2D eigenvalue weighted by Crippen LogP contribution is -2.50. The number of halogens is 1. The normalized spacial score (nSPS) is 12.0. The summed E-state index contributed by atoms with van der Waals surface area (Å²) in [5, 5.41) is 2.95. The van der Waals surface area contributed by atoms with Gasteiger partial charge in [0.1, 0.15) is 11.9 Å². The van der Waals surface area contributed by atoms with Gasteiger partial charge in [0.2, 0.25) is 21.8 Å². The fourth-order valence-corrected chi connectivity index (χ4v) is 5.50. The lowest BCUT2D eigenvalue weighted by molar-refractivity contribution is -0.141. The van der Waals surface area contributed by atoms with Gasteiger partial charge in [0.15, 0.2) is 0 Å². The van der Waals surface area contributed by atoms with Crippen LogP contribution in [0.15, 0.2) is 78.9 Å². The van der Waals surface area contributed by atoms with Crippen molar-refractivity contribution in [2.24, 2.45) is 0 Å². The Hall–Kier alpha value is -3.72. The maximum atomic E-state index is 13.8. The summed E-state index contributed by atoms with van der Waals surface area (Å²) < 4.78 is 39.6. The minimum Gasteiger partial charge on any atom is -0.354 e. The number of carbonyl (C=O) groups is 2. The second-order valence-corrected chi connectivity index (χ2v) is 11.8. The average Bonchev–Trinajstić information content (AvgIpc) is 2.92. The van der Waals surface area contributed by atoms with Crippen LogP contribution in [-0.2, 0) is 32.6 Å². The molecule has 0 saturated heterocycles. The fraction of sp³-hybridized carbons (Fsp3) is 0.355. The van der Waals surface area contributed by atoms with Crippen LogP contribution in [0.4, 0.5) is 10.1 Å². The zero-order valence-corrected chi connectivity index (χ0v) is 24.2. The van der Waals surface area contributed by atoms with Crippen LogP contribution >= 0.6 is 0 Å². The number of carbonyl (C=O) groups excluding carboxylic acids is 2. The molecule has 1 N–H and O–H groups in total. The van der Waals surface area contributed by atoms with Crippen LogP contribution in [0.25, 0.3) is 0 Å². The van der Waals surface area contributed by atoms with Crippen molar-refractivity contribution in [1.29, 1.82) is 0 Å². The van der Waals surface area contributed by atoms with E-state index < -0.39 is 21.9 Å². The van der Waals surface area contributed by atoms with Gasteiger partial charge >= 0.3 is 0 Å². The molecule has 3 rings (SSSR count). The van der Waals surface area contributed by atoms with Crippen molar-refractivity contribution in [3.63, 3.8) is 0 Å². The number of anilines is 1. The molecule has 0 aliphatic carbocycles. The van der Waals surface area contributed by atoms with Gasteiger partial charge in [-0.3, -0.25) is 13.9 Å². The quantitative estimate of drug-likeness (QED) is 0.302. The Balaban J connectivity index is 1.86. The summed E-state index contributed by atoms with van der Waals surface area (Å²) in [7, 11) is -3.66. The zero-order chi connectivity index (χ0) is 29.1. The van der Waals surface area contributed by atoms with Gasteiger partial charge < -0.3 is 10.2 Å². The first kappa shape index (κ1) is 30.8. The van der Waals surface area contributed by atoms with Gasteiger partial charge in [0.25, 0.3) is 0 Å². The third-order valence-corrected chi connectivity index (χ3v) is 7.72. The largest absolute Gasteiger partial charge is 0.354 e. The number of nitrogens with one attached hydrogen (secondary N) is 1. The molecular formula is C31H38FN3O4S. The molecule has 3 aromatic rings. The lowest BCUT2D eigenvalue weighted by Gasteiger charge is -2.32. The van der Waals surface area contributed by atoms with Crippen LogP contribution in [0.5, 0.6) is 0 Å². The molecule has 0 aliphatic rings. The molecule has 1 atom stereocenters. The lowest BCUT2D eigenvalue weighted by atomic mass is 10.0. The van der Waals surface area contributed by atoms with Gasteiger partial charge in [-0.2, -0.15) is 0 Å². The number of nitrogens with zero attached hydrogens (tertiary/aromatic N) is 2. The summed E-state index contributed by atoms with van der Waals surface area (Å²) in [6.45, 7) is 4.72. The third kappa shape index (κ3) is 9.19. The maximum absolute atomic E-state index is 13.8. The highest BCUT2D eigenvalue weighted by Crippen LogP contribution is 2.21. The van der Waals surface area contributed by atoms with Gasteiger partial charge in [-0.25, -0.2) is 12.8 Å². The summed E-state index contributed by atoms with van der Waals surface area (Å²) in [6, 6.07) is 21.8. The molecule has 0 spiro atoms. The number of rotatable bonds is 14. The van der Waals surface area contributed by atoms with Crippen molar-refractivity contribution in [1.82, 2.24) is 10.2 Å². The molecule has 40 heavy (non-hydrogen) atoms. The van der Waals surface area contributed by atoms with Gasteiger partial charge in [-0.05, 0) is 55.2 Å². The number of aryl methyl sites for hydroxylation is 1. The minimum absolute atomic E-state index is 0.0331. The van der Waals surface area contributed by atoms with Crippen molar-refractivity contribution < 1.29 is 22.4 Å². The van der Waals surface area contributed by atoms with E-state index in [4.69, 9.17) is 0 Å². The van der Waals surface area contributed by atoms with E-state index in [1.807, 2.05) is 68.4 Å². The van der Waals surface area contributed by atoms with E-state index in [0.717, 1.165) is 29.4 Å². The molecule has 2 amide bonds. The summed E-state index contributed by atoms with van der Waals surface area (Å²) in [5.74, 6) is -0.942. The number of hydrogen-bond donors (Lipinski definition) is 1. The van der Waals surface area contributed by atoms with Crippen molar-refractivity contribution in [3.05, 3.63) is 101 Å². The highest BCUT2D eigenvalue weighted by atomic mass is 32.2. The first-order chi connectivity index (χ1) is 19.1. The molecule has 0 heterocycles. The van der Waals surface area contributed by atoms with Crippen LogP contribution in [0, 0.1) is 12.7 Å². The molecule has 0 bridgehead atoms. The number of hydrogen-bond acceptors (Lipinski definition) is 4. The SMILES string of the molecule is CCCNC(=O)C(Cc1ccccc1)N(Cc1cccc(C)c1)C(=O)CCCN(c1ccc(F)cc1)S(C)(=O)=O. The standard InChI is InChI=1S/C31H38FN3O4S/c1-4-19-33-31(37)29(22-25-11-6-5-7-12-25)34(23-26-13-8-10-24(2)21-26)30(36)14-9-20-35(40(3,38)39)28-17-15-27(32)16-18-28/h5-8,10-13,15-18,21,29H,4,9,14,19-20,22-23H2,1-3H3,(H,33,37). The zero-order valence-electron chi connectivity index (χ0n) is 23.3. The van der Waals surface area contributed by atoms with E-state index >= 15 is 0 Å². The topological polar surface area (TPSA) is 86.8 Å². The number of benzene rings is 3. The second-order valence-electron chi connectivity index (χ2n) is 9.92. The Labute approximate surface area is 237 Å². The summed E-state index contributed by atoms with van der Waals surface area (Å²) in [5.41, 5.74) is 3.21. The van der Waals surface area contributed by atoms with Crippen LogP contribution < -0.4 is 9.62 Å². The summed E-state index contributed by atoms with van der Waals surface area (Å²) in [4.78, 5) is 28.8. The molecule has 0 aromatic heterocycles. The van der Waals surface area contributed by atoms with E-state index in [1.165, 1.54) is 28.6 Å². The Morgan fingerprint density at radius 2 is 1.62 bits per heavy atom. The Kier molecular flexibility index (Phi) is 11.3. The number of sulfonamides is 1. The van der Waals surface area contributed by atoms with Crippen molar-refractivity contribution >= 4 is 27.5 Å². The van der Waals surface area contributed by atoms with E-state index in [0.29, 0.717) is 18.7 Å². The Morgan fingerprint density at radius 3 is 2.25 bits per heavy atom. The highest BCUT2D eigenvalue weighted by molar-refractivity contribution is 7.92. The predicted octanol–water partition coefficient (Wildman–Crippen LogP) is 4.85. The van der Waals surface area contributed by atoms with Crippen LogP contribution in [0.1, 0.15) is 42.9 Å². The van der Waals surface area contributed by atoms with E-state index in [-0.39, 0.29) is 37.7 Å². The maximum Gasteiger partial charge on any atom is 0.243 e. The van der Waals surface area contributed by atoms with Gasteiger partial charge in [-0.15, -0.1) is 0 Å². The molecule has 0 radical (unpaired) electrons. The third-order valence-electron chi connectivity index (χ3n) is 6.52. The Bertz CT molecular complexity index is 1360. The average molecular weight is 568 g/mol. The van der Waals surface area contributed by atoms with E-state index in [9.17, 15) is 22.4 Å².